The van der Waals surface area contributed by atoms with E-state index in [2.05, 4.69) is 15.9 Å². The molecule has 0 aromatic heterocycles. The van der Waals surface area contributed by atoms with Gasteiger partial charge < -0.3 is 4.74 Å². The van der Waals surface area contributed by atoms with E-state index in [-0.39, 0.29) is 19.8 Å². The van der Waals surface area contributed by atoms with Crippen molar-refractivity contribution < 1.29 is 22.9 Å². The zero-order chi connectivity index (χ0) is 14.8. The van der Waals surface area contributed by atoms with Crippen molar-refractivity contribution in [2.45, 2.75) is 20.0 Å². The van der Waals surface area contributed by atoms with Gasteiger partial charge in [0, 0.05) is 5.33 Å². The number of para-hydroxylation sites is 1. The van der Waals surface area contributed by atoms with E-state index >= 15 is 0 Å². The van der Waals surface area contributed by atoms with Gasteiger partial charge >= 0.3 is 7.82 Å². The van der Waals surface area contributed by atoms with Crippen LogP contribution in [0.25, 0.3) is 0 Å². The predicted octanol–water partition coefficient (Wildman–Crippen LogP) is 4.03. The molecule has 0 unspecified atom stereocenters. The van der Waals surface area contributed by atoms with Crippen molar-refractivity contribution in [3.8, 4) is 5.75 Å². The molecule has 1 atom stereocenters. The average molecular weight is 367 g/mol. The first-order valence-electron chi connectivity index (χ1n) is 6.44. The first-order chi connectivity index (χ1) is 9.63. The summed E-state index contributed by atoms with van der Waals surface area (Å²) >= 11 is 3.31. The van der Waals surface area contributed by atoms with Gasteiger partial charge in [-0.3, -0.25) is 13.6 Å². The minimum Gasteiger partial charge on any atom is -0.491 e. The number of ether oxygens (including phenoxy) is 1. The zero-order valence-corrected chi connectivity index (χ0v) is 14.1. The summed E-state index contributed by atoms with van der Waals surface area (Å²) in [4.78, 5) is 0. The molecule has 20 heavy (non-hydrogen) atoms. The fraction of sp³-hybridized carbons (Fsp3) is 0.538. The monoisotopic (exact) mass is 366 g/mol. The SMILES string of the molecule is CCOP(=O)(OCC)O[C@@H](CBr)COc1ccccc1. The normalized spacial score (nSPS) is 13.2. The third kappa shape index (κ3) is 6.37. The van der Waals surface area contributed by atoms with E-state index in [0.29, 0.717) is 5.33 Å². The minimum absolute atomic E-state index is 0.249. The Labute approximate surface area is 128 Å². The highest BCUT2D eigenvalue weighted by molar-refractivity contribution is 9.09. The van der Waals surface area contributed by atoms with E-state index in [1.54, 1.807) is 13.8 Å². The maximum absolute atomic E-state index is 12.3. The fourth-order valence-electron chi connectivity index (χ4n) is 1.41. The lowest BCUT2D eigenvalue weighted by molar-refractivity contribution is 0.0694. The van der Waals surface area contributed by atoms with Crippen LogP contribution in [-0.4, -0.2) is 31.3 Å². The second-order valence-electron chi connectivity index (χ2n) is 3.79. The molecule has 0 radical (unpaired) electrons. The molecule has 0 spiro atoms. The summed E-state index contributed by atoms with van der Waals surface area (Å²) in [6.07, 6.45) is -0.431. The molecule has 1 aromatic carbocycles. The molecule has 0 heterocycles. The molecule has 0 aliphatic carbocycles. The summed E-state index contributed by atoms with van der Waals surface area (Å²) in [6.45, 7) is 4.23. The highest BCUT2D eigenvalue weighted by Gasteiger charge is 2.30. The Hall–Kier alpha value is -0.390. The van der Waals surface area contributed by atoms with E-state index in [1.807, 2.05) is 30.3 Å². The molecule has 0 bridgehead atoms. The van der Waals surface area contributed by atoms with Crippen molar-refractivity contribution in [3.63, 3.8) is 0 Å². The van der Waals surface area contributed by atoms with E-state index in [4.69, 9.17) is 18.3 Å². The molecule has 0 saturated heterocycles. The summed E-state index contributed by atoms with van der Waals surface area (Å²) in [7, 11) is -3.52. The van der Waals surface area contributed by atoms with Gasteiger partial charge in [0.05, 0.1) is 13.2 Å². The molecule has 0 saturated carbocycles. The molecule has 0 aliphatic heterocycles. The number of halogens is 1. The van der Waals surface area contributed by atoms with Crippen LogP contribution in [0, 0.1) is 0 Å². The summed E-state index contributed by atoms with van der Waals surface area (Å²) in [5, 5.41) is 0.462. The molecule has 0 N–H and O–H groups in total. The number of alkyl halides is 1. The Bertz CT molecular complexity index is 404. The van der Waals surface area contributed by atoms with Gasteiger partial charge in [-0.2, -0.15) is 0 Å². The maximum atomic E-state index is 12.3. The lowest BCUT2D eigenvalue weighted by atomic mass is 10.3. The number of hydrogen-bond acceptors (Lipinski definition) is 5. The number of hydrogen-bond donors (Lipinski definition) is 0. The molecule has 7 heteroatoms. The third-order valence-corrected chi connectivity index (χ3v) is 4.63. The van der Waals surface area contributed by atoms with Gasteiger partial charge in [-0.1, -0.05) is 34.1 Å². The second-order valence-corrected chi connectivity index (χ2v) is 6.06. The van der Waals surface area contributed by atoms with Gasteiger partial charge in [-0.25, -0.2) is 4.57 Å². The predicted molar refractivity (Wildman–Crippen MR) is 81.5 cm³/mol. The molecular formula is C13H20BrO5P. The quantitative estimate of drug-likeness (QED) is 0.462. The zero-order valence-electron chi connectivity index (χ0n) is 11.7. The Morgan fingerprint density at radius 2 is 1.75 bits per heavy atom. The Morgan fingerprint density at radius 1 is 1.15 bits per heavy atom. The molecule has 0 amide bonds. The van der Waals surface area contributed by atoms with Crippen LogP contribution in [0.5, 0.6) is 5.75 Å². The van der Waals surface area contributed by atoms with Gasteiger partial charge in [0.1, 0.15) is 18.5 Å². The van der Waals surface area contributed by atoms with Crippen LogP contribution >= 0.6 is 23.8 Å². The molecule has 114 valence electrons. The highest BCUT2D eigenvalue weighted by Crippen LogP contribution is 2.50. The summed E-state index contributed by atoms with van der Waals surface area (Å²) < 4.78 is 33.4. The number of benzene rings is 1. The van der Waals surface area contributed by atoms with Crippen LogP contribution in [0.15, 0.2) is 30.3 Å². The molecule has 0 fully saturated rings. The molecule has 5 nitrogen and oxygen atoms in total. The first-order valence-corrected chi connectivity index (χ1v) is 9.03. The topological polar surface area (TPSA) is 54.0 Å². The second kappa shape index (κ2) is 9.53. The highest BCUT2D eigenvalue weighted by atomic mass is 79.9. The van der Waals surface area contributed by atoms with Crippen molar-refractivity contribution in [1.29, 1.82) is 0 Å². The van der Waals surface area contributed by atoms with Crippen LogP contribution in [0.4, 0.5) is 0 Å². The summed E-state index contributed by atoms with van der Waals surface area (Å²) in [5.41, 5.74) is 0. The molecule has 1 aromatic rings. The Kier molecular flexibility index (Phi) is 8.41. The lowest BCUT2D eigenvalue weighted by Crippen LogP contribution is -2.23. The maximum Gasteiger partial charge on any atom is 0.475 e. The molecule has 0 aliphatic rings. The van der Waals surface area contributed by atoms with Gasteiger partial charge in [-0.05, 0) is 26.0 Å². The van der Waals surface area contributed by atoms with Crippen LogP contribution in [-0.2, 0) is 18.1 Å². The number of phosphoric acid groups is 1. The van der Waals surface area contributed by atoms with Crippen LogP contribution in [0.2, 0.25) is 0 Å². The van der Waals surface area contributed by atoms with Crippen molar-refractivity contribution in [1.82, 2.24) is 0 Å². The van der Waals surface area contributed by atoms with Crippen molar-refractivity contribution in [3.05, 3.63) is 30.3 Å². The van der Waals surface area contributed by atoms with Gasteiger partial charge in [-0.15, -0.1) is 0 Å². The standard InChI is InChI=1S/C13H20BrO5P/c1-3-17-20(15,18-4-2)19-13(10-14)11-16-12-8-6-5-7-9-12/h5-9,13H,3-4,10-11H2,1-2H3/t13-/m0/s1. The smallest absolute Gasteiger partial charge is 0.475 e. The van der Waals surface area contributed by atoms with E-state index in [1.165, 1.54) is 0 Å². The summed E-state index contributed by atoms with van der Waals surface area (Å²) in [6, 6.07) is 9.35. The lowest BCUT2D eigenvalue weighted by Gasteiger charge is -2.22. The molecular weight excluding hydrogens is 347 g/mol. The van der Waals surface area contributed by atoms with Gasteiger partial charge in [0.25, 0.3) is 0 Å². The largest absolute Gasteiger partial charge is 0.491 e. The van der Waals surface area contributed by atoms with E-state index in [0.717, 1.165) is 5.75 Å². The van der Waals surface area contributed by atoms with Crippen molar-refractivity contribution in [2.75, 3.05) is 25.2 Å². The Balaban J connectivity index is 2.54. The van der Waals surface area contributed by atoms with Gasteiger partial charge in [0.15, 0.2) is 0 Å². The van der Waals surface area contributed by atoms with Gasteiger partial charge in [0.2, 0.25) is 0 Å². The number of phosphoric ester groups is 1. The van der Waals surface area contributed by atoms with Crippen LogP contribution in [0.3, 0.4) is 0 Å². The minimum atomic E-state index is -3.52. The molecule has 1 rings (SSSR count). The number of rotatable bonds is 10. The fourth-order valence-corrected chi connectivity index (χ4v) is 3.26. The summed E-state index contributed by atoms with van der Waals surface area (Å²) in [5.74, 6) is 0.727. The van der Waals surface area contributed by atoms with Crippen LogP contribution in [0.1, 0.15) is 13.8 Å². The Morgan fingerprint density at radius 3 is 2.25 bits per heavy atom. The van der Waals surface area contributed by atoms with Crippen molar-refractivity contribution in [2.24, 2.45) is 0 Å². The van der Waals surface area contributed by atoms with E-state index < -0.39 is 13.9 Å². The first kappa shape index (κ1) is 17.7. The van der Waals surface area contributed by atoms with E-state index in [9.17, 15) is 4.57 Å². The van der Waals surface area contributed by atoms with Crippen molar-refractivity contribution >= 4 is 23.8 Å². The van der Waals surface area contributed by atoms with Crippen LogP contribution < -0.4 is 4.74 Å². The third-order valence-electron chi connectivity index (χ3n) is 2.20. The average Bonchev–Trinajstić information content (AvgIpc) is 2.45.